The van der Waals surface area contributed by atoms with Crippen molar-refractivity contribution in [3.63, 3.8) is 0 Å². The summed E-state index contributed by atoms with van der Waals surface area (Å²) in [5.74, 6) is -0.0595. The summed E-state index contributed by atoms with van der Waals surface area (Å²) in [4.78, 5) is 23.8. The van der Waals surface area contributed by atoms with Gasteiger partial charge in [0.25, 0.3) is 5.91 Å². The number of piperidine rings is 1. The Hall–Kier alpha value is -3.58. The number of aromatic amines is 1. The molecule has 7 heteroatoms. The number of likely N-dealkylation sites (tertiary alicyclic amines) is 1. The number of benzene rings is 1. The number of hydrogen-bond donors (Lipinski definition) is 2. The van der Waals surface area contributed by atoms with E-state index in [9.17, 15) is 4.79 Å². The molecule has 4 aromatic rings. The second-order valence-corrected chi connectivity index (χ2v) is 8.00. The van der Waals surface area contributed by atoms with Crippen LogP contribution < -0.4 is 5.32 Å². The van der Waals surface area contributed by atoms with Crippen molar-refractivity contribution >= 4 is 16.8 Å². The number of amides is 1. The summed E-state index contributed by atoms with van der Waals surface area (Å²) in [6.45, 7) is 2.87. The van der Waals surface area contributed by atoms with Crippen LogP contribution in [0.4, 0.5) is 0 Å². The normalized spacial score (nSPS) is 15.2. The first-order valence-corrected chi connectivity index (χ1v) is 10.6. The number of pyridine rings is 2. The summed E-state index contributed by atoms with van der Waals surface area (Å²) >= 11 is 0. The standard InChI is InChI=1S/C24H24N6O/c31-24(29-22-5-9-30(10-6-22)16-17-3-7-25-8-4-17)20-12-19-11-18(21-14-27-28-15-21)1-2-23(19)26-13-20/h1-4,7-8,11-15,22H,5-6,9-10,16H2,(H,27,28)(H,29,31). The predicted octanol–water partition coefficient (Wildman–Crippen LogP) is 3.41. The summed E-state index contributed by atoms with van der Waals surface area (Å²) in [7, 11) is 0. The fraction of sp³-hybridized carbons (Fsp3) is 0.250. The van der Waals surface area contributed by atoms with Gasteiger partial charge in [0.1, 0.15) is 0 Å². The van der Waals surface area contributed by atoms with Crippen LogP contribution >= 0.6 is 0 Å². The van der Waals surface area contributed by atoms with Gasteiger partial charge in [-0.3, -0.25) is 24.8 Å². The lowest BCUT2D eigenvalue weighted by Crippen LogP contribution is -2.44. The van der Waals surface area contributed by atoms with Crippen molar-refractivity contribution in [3.8, 4) is 11.1 Å². The highest BCUT2D eigenvalue weighted by Crippen LogP contribution is 2.23. The average Bonchev–Trinajstić information content (AvgIpc) is 3.35. The number of nitrogens with one attached hydrogen (secondary N) is 2. The van der Waals surface area contributed by atoms with Crippen LogP contribution in [-0.2, 0) is 6.54 Å². The van der Waals surface area contributed by atoms with Gasteiger partial charge >= 0.3 is 0 Å². The van der Waals surface area contributed by atoms with E-state index in [0.717, 1.165) is 54.5 Å². The monoisotopic (exact) mass is 412 g/mol. The fourth-order valence-corrected chi connectivity index (χ4v) is 4.09. The quantitative estimate of drug-likeness (QED) is 0.525. The zero-order valence-corrected chi connectivity index (χ0v) is 17.2. The Balaban J connectivity index is 1.22. The smallest absolute Gasteiger partial charge is 0.253 e. The number of aromatic nitrogens is 4. The Morgan fingerprint density at radius 3 is 2.68 bits per heavy atom. The van der Waals surface area contributed by atoms with E-state index in [1.54, 1.807) is 12.4 Å². The van der Waals surface area contributed by atoms with Crippen molar-refractivity contribution < 1.29 is 4.79 Å². The number of rotatable bonds is 5. The van der Waals surface area contributed by atoms with Gasteiger partial charge < -0.3 is 5.32 Å². The third-order valence-corrected chi connectivity index (χ3v) is 5.85. The van der Waals surface area contributed by atoms with Gasteiger partial charge in [0.05, 0.1) is 17.3 Å². The molecule has 0 saturated carbocycles. The van der Waals surface area contributed by atoms with Crippen LogP contribution in [0.25, 0.3) is 22.0 Å². The lowest BCUT2D eigenvalue weighted by atomic mass is 10.0. The number of H-pyrrole nitrogens is 1. The maximum atomic E-state index is 12.9. The van der Waals surface area contributed by atoms with Crippen LogP contribution in [0.1, 0.15) is 28.8 Å². The van der Waals surface area contributed by atoms with E-state index < -0.39 is 0 Å². The molecule has 1 aromatic carbocycles. The molecule has 0 unspecified atom stereocenters. The molecule has 3 aromatic heterocycles. The third-order valence-electron chi connectivity index (χ3n) is 5.85. The largest absolute Gasteiger partial charge is 0.349 e. The van der Waals surface area contributed by atoms with Crippen LogP contribution in [0.15, 0.2) is 67.4 Å². The molecule has 0 spiro atoms. The van der Waals surface area contributed by atoms with Crippen LogP contribution in [-0.4, -0.2) is 50.1 Å². The molecule has 156 valence electrons. The van der Waals surface area contributed by atoms with Gasteiger partial charge in [0.2, 0.25) is 0 Å². The topological polar surface area (TPSA) is 86.8 Å². The van der Waals surface area contributed by atoms with E-state index >= 15 is 0 Å². The molecule has 0 radical (unpaired) electrons. The van der Waals surface area contributed by atoms with E-state index in [-0.39, 0.29) is 11.9 Å². The lowest BCUT2D eigenvalue weighted by molar-refractivity contribution is 0.0908. The minimum atomic E-state index is -0.0595. The summed E-state index contributed by atoms with van der Waals surface area (Å²) in [5.41, 5.74) is 4.79. The van der Waals surface area contributed by atoms with E-state index in [1.807, 2.05) is 42.9 Å². The summed E-state index contributed by atoms with van der Waals surface area (Å²) in [6.07, 6.45) is 10.9. The SMILES string of the molecule is O=C(NC1CCN(Cc2ccncc2)CC1)c1cnc2ccc(-c3cn[nH]c3)cc2c1. The molecule has 0 aliphatic carbocycles. The average molecular weight is 412 g/mol. The van der Waals surface area contributed by atoms with Gasteiger partial charge in [0.15, 0.2) is 0 Å². The Bertz CT molecular complexity index is 1170. The van der Waals surface area contributed by atoms with Crippen LogP contribution in [0, 0.1) is 0 Å². The minimum Gasteiger partial charge on any atom is -0.349 e. The van der Waals surface area contributed by atoms with Gasteiger partial charge in [-0.25, -0.2) is 0 Å². The van der Waals surface area contributed by atoms with E-state index in [2.05, 4.69) is 42.5 Å². The summed E-state index contributed by atoms with van der Waals surface area (Å²) in [5, 5.41) is 11.0. The van der Waals surface area contributed by atoms with E-state index in [0.29, 0.717) is 5.56 Å². The molecule has 1 aliphatic rings. The predicted molar refractivity (Wildman–Crippen MR) is 119 cm³/mol. The maximum absolute atomic E-state index is 12.9. The number of carbonyl (C=O) groups excluding carboxylic acids is 1. The minimum absolute atomic E-state index is 0.0595. The van der Waals surface area contributed by atoms with Crippen molar-refractivity contribution in [2.24, 2.45) is 0 Å². The van der Waals surface area contributed by atoms with Gasteiger partial charge in [-0.2, -0.15) is 5.10 Å². The molecule has 0 bridgehead atoms. The highest BCUT2D eigenvalue weighted by atomic mass is 16.1. The molecule has 1 saturated heterocycles. The second-order valence-electron chi connectivity index (χ2n) is 8.00. The van der Waals surface area contributed by atoms with Crippen molar-refractivity contribution in [2.75, 3.05) is 13.1 Å². The molecular weight excluding hydrogens is 388 g/mol. The number of nitrogens with zero attached hydrogens (tertiary/aromatic N) is 4. The Labute approximate surface area is 180 Å². The van der Waals surface area contributed by atoms with Crippen molar-refractivity contribution in [1.29, 1.82) is 0 Å². The number of hydrogen-bond acceptors (Lipinski definition) is 5. The van der Waals surface area contributed by atoms with Crippen LogP contribution in [0.5, 0.6) is 0 Å². The molecule has 1 aliphatic heterocycles. The first kappa shape index (κ1) is 19.4. The molecule has 1 fully saturated rings. The summed E-state index contributed by atoms with van der Waals surface area (Å²) < 4.78 is 0. The van der Waals surface area contributed by atoms with Gasteiger partial charge in [-0.1, -0.05) is 6.07 Å². The highest BCUT2D eigenvalue weighted by Gasteiger charge is 2.21. The fourth-order valence-electron chi connectivity index (χ4n) is 4.09. The molecule has 5 rings (SSSR count). The Morgan fingerprint density at radius 2 is 1.90 bits per heavy atom. The molecule has 7 nitrogen and oxygen atoms in total. The zero-order chi connectivity index (χ0) is 21.0. The maximum Gasteiger partial charge on any atom is 0.253 e. The van der Waals surface area contributed by atoms with Crippen LogP contribution in [0.2, 0.25) is 0 Å². The second kappa shape index (κ2) is 8.65. The first-order chi connectivity index (χ1) is 15.2. The first-order valence-electron chi connectivity index (χ1n) is 10.6. The van der Waals surface area contributed by atoms with Crippen molar-refractivity contribution in [3.05, 3.63) is 78.5 Å². The molecule has 31 heavy (non-hydrogen) atoms. The lowest BCUT2D eigenvalue weighted by Gasteiger charge is -2.32. The summed E-state index contributed by atoms with van der Waals surface area (Å²) in [6, 6.07) is 12.2. The van der Waals surface area contributed by atoms with E-state index in [1.165, 1.54) is 5.56 Å². The number of carbonyl (C=O) groups is 1. The third kappa shape index (κ3) is 4.46. The van der Waals surface area contributed by atoms with E-state index in [4.69, 9.17) is 0 Å². The van der Waals surface area contributed by atoms with Gasteiger partial charge in [0, 0.05) is 61.4 Å². The zero-order valence-electron chi connectivity index (χ0n) is 17.2. The number of fused-ring (bicyclic) bond motifs is 1. The Morgan fingerprint density at radius 1 is 1.06 bits per heavy atom. The van der Waals surface area contributed by atoms with Crippen molar-refractivity contribution in [1.82, 2.24) is 30.4 Å². The Kier molecular flexibility index (Phi) is 5.41. The molecule has 1 amide bonds. The van der Waals surface area contributed by atoms with Crippen LogP contribution in [0.3, 0.4) is 0 Å². The molecule has 0 atom stereocenters. The molecular formula is C24H24N6O. The molecule has 4 heterocycles. The molecule has 2 N–H and O–H groups in total. The van der Waals surface area contributed by atoms with Crippen molar-refractivity contribution in [2.45, 2.75) is 25.4 Å². The highest BCUT2D eigenvalue weighted by molar-refractivity contribution is 5.98. The van der Waals surface area contributed by atoms with Gasteiger partial charge in [-0.05, 0) is 54.3 Å². The van der Waals surface area contributed by atoms with Gasteiger partial charge in [-0.15, -0.1) is 0 Å².